The Morgan fingerprint density at radius 3 is 2.38 bits per heavy atom. The molecule has 0 unspecified atom stereocenters. The molecule has 1 aromatic carbocycles. The van der Waals surface area contributed by atoms with E-state index in [4.69, 9.17) is 17.3 Å². The largest absolute Gasteiger partial charge is 0.369 e. The van der Waals surface area contributed by atoms with Crippen LogP contribution in [0.3, 0.4) is 0 Å². The lowest BCUT2D eigenvalue weighted by molar-refractivity contribution is -0.135. The van der Waals surface area contributed by atoms with Crippen LogP contribution in [0.5, 0.6) is 0 Å². The molecule has 2 amide bonds. The van der Waals surface area contributed by atoms with Gasteiger partial charge in [0.2, 0.25) is 11.8 Å². The quantitative estimate of drug-likeness (QED) is 0.871. The molecular formula is C18H19ClN4O3. The zero-order chi connectivity index (χ0) is 18.7. The van der Waals surface area contributed by atoms with E-state index in [-0.39, 0.29) is 29.8 Å². The maximum atomic E-state index is 12.5. The third-order valence-corrected chi connectivity index (χ3v) is 4.79. The minimum Gasteiger partial charge on any atom is -0.369 e. The molecule has 0 radical (unpaired) electrons. The number of benzene rings is 1. The Kier molecular flexibility index (Phi) is 5.37. The number of primary amides is 1. The maximum absolute atomic E-state index is 12.5. The van der Waals surface area contributed by atoms with Crippen molar-refractivity contribution in [2.24, 2.45) is 11.7 Å². The Hall–Kier alpha value is -2.67. The highest BCUT2D eigenvalue weighted by Gasteiger charge is 2.26. The van der Waals surface area contributed by atoms with Crippen molar-refractivity contribution in [3.8, 4) is 11.3 Å². The third kappa shape index (κ3) is 4.11. The Bertz CT molecular complexity index is 871. The predicted octanol–water partition coefficient (Wildman–Crippen LogP) is 1.29. The van der Waals surface area contributed by atoms with Gasteiger partial charge in [0.25, 0.3) is 5.56 Å². The molecule has 1 fully saturated rings. The first-order chi connectivity index (χ1) is 12.4. The monoisotopic (exact) mass is 374 g/mol. The number of piperidine rings is 1. The second-order valence-corrected chi connectivity index (χ2v) is 6.72. The van der Waals surface area contributed by atoms with Crippen molar-refractivity contribution in [3.05, 3.63) is 51.8 Å². The molecule has 8 heteroatoms. The van der Waals surface area contributed by atoms with Crippen molar-refractivity contribution in [2.75, 3.05) is 13.1 Å². The first-order valence-electron chi connectivity index (χ1n) is 8.35. The van der Waals surface area contributed by atoms with Crippen molar-refractivity contribution in [1.29, 1.82) is 0 Å². The van der Waals surface area contributed by atoms with Crippen molar-refractivity contribution in [3.63, 3.8) is 0 Å². The topological polar surface area (TPSA) is 98.3 Å². The number of hydrogen-bond donors (Lipinski definition) is 1. The summed E-state index contributed by atoms with van der Waals surface area (Å²) in [5.41, 5.74) is 6.35. The summed E-state index contributed by atoms with van der Waals surface area (Å²) in [4.78, 5) is 37.4. The minimum absolute atomic E-state index is 0.137. The highest BCUT2D eigenvalue weighted by molar-refractivity contribution is 6.30. The van der Waals surface area contributed by atoms with Crippen molar-refractivity contribution < 1.29 is 9.59 Å². The molecule has 26 heavy (non-hydrogen) atoms. The van der Waals surface area contributed by atoms with E-state index in [0.717, 1.165) is 10.2 Å². The molecule has 0 spiro atoms. The average Bonchev–Trinajstić information content (AvgIpc) is 2.64. The Balaban J connectivity index is 1.72. The Morgan fingerprint density at radius 2 is 1.77 bits per heavy atom. The standard InChI is InChI=1S/C18H19ClN4O3/c19-14-3-1-12(2-4-14)15-5-6-16(24)23(21-15)11-17(25)22-9-7-13(8-10-22)18(20)26/h1-6,13H,7-11H2,(H2,20,26). The number of carbonyl (C=O) groups excluding carboxylic acids is 2. The zero-order valence-corrected chi connectivity index (χ0v) is 14.9. The first-order valence-corrected chi connectivity index (χ1v) is 8.73. The number of carbonyl (C=O) groups is 2. The van der Waals surface area contributed by atoms with Crippen LogP contribution in [0.1, 0.15) is 12.8 Å². The van der Waals surface area contributed by atoms with Crippen LogP contribution in [0.2, 0.25) is 5.02 Å². The molecular weight excluding hydrogens is 356 g/mol. The van der Waals surface area contributed by atoms with Crippen LogP contribution in [-0.2, 0) is 16.1 Å². The summed E-state index contributed by atoms with van der Waals surface area (Å²) in [7, 11) is 0. The number of hydrogen-bond acceptors (Lipinski definition) is 4. The van der Waals surface area contributed by atoms with Crippen LogP contribution in [0.15, 0.2) is 41.2 Å². The number of likely N-dealkylation sites (tertiary alicyclic amines) is 1. The highest BCUT2D eigenvalue weighted by atomic mass is 35.5. The molecule has 1 aliphatic heterocycles. The van der Waals surface area contributed by atoms with Gasteiger partial charge in [-0.3, -0.25) is 14.4 Å². The lowest BCUT2D eigenvalue weighted by atomic mass is 9.96. The number of aromatic nitrogens is 2. The summed E-state index contributed by atoms with van der Waals surface area (Å²) in [6.07, 6.45) is 1.10. The molecule has 1 saturated heterocycles. The second-order valence-electron chi connectivity index (χ2n) is 6.28. The normalized spacial score (nSPS) is 15.0. The smallest absolute Gasteiger partial charge is 0.267 e. The number of nitrogens with zero attached hydrogens (tertiary/aromatic N) is 3. The number of amides is 2. The summed E-state index contributed by atoms with van der Waals surface area (Å²) in [6.45, 7) is 0.775. The van der Waals surface area contributed by atoms with Gasteiger partial charge in [-0.05, 0) is 31.0 Å². The summed E-state index contributed by atoms with van der Waals surface area (Å²) < 4.78 is 1.16. The van der Waals surface area contributed by atoms with E-state index >= 15 is 0 Å². The van der Waals surface area contributed by atoms with Gasteiger partial charge in [0.15, 0.2) is 0 Å². The Labute approximate surface area is 155 Å². The molecule has 2 N–H and O–H groups in total. The summed E-state index contributed by atoms with van der Waals surface area (Å²) >= 11 is 5.89. The van der Waals surface area contributed by atoms with Crippen LogP contribution < -0.4 is 11.3 Å². The molecule has 1 aliphatic rings. The average molecular weight is 375 g/mol. The van der Waals surface area contributed by atoms with E-state index in [1.807, 2.05) is 0 Å². The molecule has 7 nitrogen and oxygen atoms in total. The molecule has 0 aliphatic carbocycles. The Morgan fingerprint density at radius 1 is 1.12 bits per heavy atom. The van der Waals surface area contributed by atoms with Gasteiger partial charge in [-0.15, -0.1) is 0 Å². The molecule has 3 rings (SSSR count). The predicted molar refractivity (Wildman–Crippen MR) is 97.4 cm³/mol. The van der Waals surface area contributed by atoms with Gasteiger partial charge in [0, 0.05) is 35.7 Å². The van der Waals surface area contributed by atoms with Crippen LogP contribution in [0.4, 0.5) is 0 Å². The van der Waals surface area contributed by atoms with Crippen LogP contribution in [0, 0.1) is 5.92 Å². The molecule has 2 aromatic rings. The lowest BCUT2D eigenvalue weighted by Crippen LogP contribution is -2.44. The summed E-state index contributed by atoms with van der Waals surface area (Å²) in [6, 6.07) is 10.1. The second kappa shape index (κ2) is 7.70. The van der Waals surface area contributed by atoms with Crippen LogP contribution >= 0.6 is 11.6 Å². The molecule has 0 saturated carbocycles. The van der Waals surface area contributed by atoms with E-state index in [1.165, 1.54) is 6.07 Å². The third-order valence-electron chi connectivity index (χ3n) is 4.54. The van der Waals surface area contributed by atoms with E-state index < -0.39 is 0 Å². The fourth-order valence-corrected chi connectivity index (χ4v) is 3.10. The molecule has 136 valence electrons. The van der Waals surface area contributed by atoms with Crippen LogP contribution in [0.25, 0.3) is 11.3 Å². The molecule has 2 heterocycles. The summed E-state index contributed by atoms with van der Waals surface area (Å²) in [5, 5.41) is 4.90. The van der Waals surface area contributed by atoms with Gasteiger partial charge in [-0.2, -0.15) is 5.10 Å². The molecule has 0 bridgehead atoms. The molecule has 0 atom stereocenters. The zero-order valence-electron chi connectivity index (χ0n) is 14.1. The summed E-state index contributed by atoms with van der Waals surface area (Å²) in [5.74, 6) is -0.713. The van der Waals surface area contributed by atoms with Gasteiger partial charge in [-0.25, -0.2) is 4.68 Å². The molecule has 1 aromatic heterocycles. The van der Waals surface area contributed by atoms with Gasteiger partial charge in [0.1, 0.15) is 6.54 Å². The fraction of sp³-hybridized carbons (Fsp3) is 0.333. The number of nitrogens with two attached hydrogens (primary N) is 1. The van der Waals surface area contributed by atoms with Gasteiger partial charge >= 0.3 is 0 Å². The first kappa shape index (κ1) is 18.1. The number of rotatable bonds is 4. The van der Waals surface area contributed by atoms with E-state index in [9.17, 15) is 14.4 Å². The van der Waals surface area contributed by atoms with Crippen molar-refractivity contribution in [2.45, 2.75) is 19.4 Å². The maximum Gasteiger partial charge on any atom is 0.267 e. The van der Waals surface area contributed by atoms with E-state index in [2.05, 4.69) is 5.10 Å². The number of halogens is 1. The minimum atomic E-state index is -0.344. The SMILES string of the molecule is NC(=O)C1CCN(C(=O)Cn2nc(-c3ccc(Cl)cc3)ccc2=O)CC1. The van der Waals surface area contributed by atoms with E-state index in [0.29, 0.717) is 36.6 Å². The van der Waals surface area contributed by atoms with E-state index in [1.54, 1.807) is 35.2 Å². The lowest BCUT2D eigenvalue weighted by Gasteiger charge is -2.30. The fourth-order valence-electron chi connectivity index (χ4n) is 2.98. The van der Waals surface area contributed by atoms with Crippen LogP contribution in [-0.4, -0.2) is 39.6 Å². The van der Waals surface area contributed by atoms with Crippen molar-refractivity contribution >= 4 is 23.4 Å². The highest BCUT2D eigenvalue weighted by Crippen LogP contribution is 2.19. The van der Waals surface area contributed by atoms with Gasteiger partial charge in [0.05, 0.1) is 5.69 Å². The van der Waals surface area contributed by atoms with Gasteiger partial charge in [-0.1, -0.05) is 23.7 Å². The van der Waals surface area contributed by atoms with Crippen molar-refractivity contribution in [1.82, 2.24) is 14.7 Å². The van der Waals surface area contributed by atoms with Gasteiger partial charge < -0.3 is 10.6 Å².